The van der Waals surface area contributed by atoms with E-state index in [0.717, 1.165) is 26.1 Å². The molecular weight excluding hydrogens is 198 g/mol. The van der Waals surface area contributed by atoms with E-state index in [1.54, 1.807) is 0 Å². The van der Waals surface area contributed by atoms with Crippen LogP contribution in [0.15, 0.2) is 18.2 Å². The number of hydrogen-bond acceptors (Lipinski definition) is 2. The van der Waals surface area contributed by atoms with E-state index in [4.69, 9.17) is 10.5 Å². The molecule has 0 aliphatic carbocycles. The molecule has 2 N–H and O–H groups in total. The van der Waals surface area contributed by atoms with Gasteiger partial charge in [0, 0.05) is 19.3 Å². The second kappa shape index (κ2) is 6.66. The van der Waals surface area contributed by atoms with Gasteiger partial charge in [-0.1, -0.05) is 18.2 Å². The van der Waals surface area contributed by atoms with Crippen molar-refractivity contribution in [1.29, 1.82) is 0 Å². The van der Waals surface area contributed by atoms with Gasteiger partial charge in [-0.25, -0.2) is 0 Å². The van der Waals surface area contributed by atoms with Crippen LogP contribution in [0.2, 0.25) is 0 Å². The van der Waals surface area contributed by atoms with Crippen LogP contribution < -0.4 is 5.73 Å². The van der Waals surface area contributed by atoms with Crippen LogP contribution in [0.3, 0.4) is 0 Å². The molecule has 1 atom stereocenters. The van der Waals surface area contributed by atoms with Gasteiger partial charge in [0.25, 0.3) is 0 Å². The monoisotopic (exact) mass is 221 g/mol. The number of nitrogens with two attached hydrogens (primary N) is 1. The molecule has 0 saturated heterocycles. The Morgan fingerprint density at radius 2 is 2.00 bits per heavy atom. The Labute approximate surface area is 98.8 Å². The molecule has 0 saturated carbocycles. The lowest BCUT2D eigenvalue weighted by molar-refractivity contribution is 0.140. The summed E-state index contributed by atoms with van der Waals surface area (Å²) in [5.41, 5.74) is 10.1. The van der Waals surface area contributed by atoms with Crippen LogP contribution in [0.1, 0.15) is 30.0 Å². The number of rotatable bonds is 6. The maximum Gasteiger partial charge on any atom is 0.0480 e. The van der Waals surface area contributed by atoms with Gasteiger partial charge in [0.05, 0.1) is 0 Å². The Morgan fingerprint density at radius 3 is 2.62 bits per heavy atom. The molecule has 0 spiro atoms. The van der Waals surface area contributed by atoms with Gasteiger partial charge in [0.2, 0.25) is 0 Å². The quantitative estimate of drug-likeness (QED) is 0.749. The highest BCUT2D eigenvalue weighted by atomic mass is 16.5. The zero-order valence-corrected chi connectivity index (χ0v) is 10.6. The summed E-state index contributed by atoms with van der Waals surface area (Å²) in [6, 6.07) is 6.77. The Balaban J connectivity index is 2.43. The van der Waals surface area contributed by atoms with Crippen molar-refractivity contribution >= 4 is 0 Å². The Hall–Kier alpha value is -0.860. The van der Waals surface area contributed by atoms with E-state index in [0.29, 0.717) is 0 Å². The maximum atomic E-state index is 6.05. The van der Waals surface area contributed by atoms with Gasteiger partial charge in [-0.05, 0) is 50.3 Å². The number of hydrogen-bond donors (Lipinski definition) is 1. The van der Waals surface area contributed by atoms with Crippen molar-refractivity contribution in [1.82, 2.24) is 0 Å². The first-order valence-electron chi connectivity index (χ1n) is 6.03. The van der Waals surface area contributed by atoms with Crippen LogP contribution in [-0.4, -0.2) is 19.3 Å². The third kappa shape index (κ3) is 4.33. The van der Waals surface area contributed by atoms with Gasteiger partial charge in [-0.2, -0.15) is 0 Å². The summed E-state index contributed by atoms with van der Waals surface area (Å²) in [5.74, 6) is 0. The highest BCUT2D eigenvalue weighted by molar-refractivity contribution is 5.30. The van der Waals surface area contributed by atoms with E-state index < -0.39 is 0 Å². The first kappa shape index (κ1) is 13.2. The van der Waals surface area contributed by atoms with Crippen LogP contribution in [-0.2, 0) is 11.2 Å². The predicted molar refractivity (Wildman–Crippen MR) is 68.7 cm³/mol. The molecule has 16 heavy (non-hydrogen) atoms. The summed E-state index contributed by atoms with van der Waals surface area (Å²) in [4.78, 5) is 0. The Kier molecular flexibility index (Phi) is 5.50. The number of aryl methyl sites for hydroxylation is 2. The van der Waals surface area contributed by atoms with E-state index in [-0.39, 0.29) is 6.04 Å². The van der Waals surface area contributed by atoms with Crippen LogP contribution in [0.5, 0.6) is 0 Å². The molecule has 0 heterocycles. The van der Waals surface area contributed by atoms with Crippen molar-refractivity contribution in [2.24, 2.45) is 5.73 Å². The highest BCUT2D eigenvalue weighted by Crippen LogP contribution is 2.11. The van der Waals surface area contributed by atoms with E-state index in [1.165, 1.54) is 16.7 Å². The van der Waals surface area contributed by atoms with Gasteiger partial charge in [-0.3, -0.25) is 0 Å². The van der Waals surface area contributed by atoms with Crippen molar-refractivity contribution in [2.45, 2.75) is 39.7 Å². The fraction of sp³-hybridized carbons (Fsp3) is 0.571. The molecule has 0 radical (unpaired) electrons. The fourth-order valence-electron chi connectivity index (χ4n) is 1.71. The van der Waals surface area contributed by atoms with Crippen LogP contribution in [0, 0.1) is 13.8 Å². The van der Waals surface area contributed by atoms with Crippen molar-refractivity contribution in [3.8, 4) is 0 Å². The standard InChI is InChI=1S/C14H23NO/c1-4-16-8-7-14(15)10-13-6-5-11(2)12(3)9-13/h5-6,9,14H,4,7-8,10,15H2,1-3H3. The molecule has 1 aromatic carbocycles. The first-order valence-corrected chi connectivity index (χ1v) is 6.03. The summed E-state index contributed by atoms with van der Waals surface area (Å²) >= 11 is 0. The van der Waals surface area contributed by atoms with Gasteiger partial charge in [-0.15, -0.1) is 0 Å². The molecule has 0 amide bonds. The van der Waals surface area contributed by atoms with Crippen molar-refractivity contribution < 1.29 is 4.74 Å². The van der Waals surface area contributed by atoms with E-state index >= 15 is 0 Å². The second-order valence-electron chi connectivity index (χ2n) is 4.37. The zero-order chi connectivity index (χ0) is 12.0. The summed E-state index contributed by atoms with van der Waals surface area (Å²) in [5, 5.41) is 0. The highest BCUT2D eigenvalue weighted by Gasteiger charge is 2.04. The van der Waals surface area contributed by atoms with E-state index in [9.17, 15) is 0 Å². The number of ether oxygens (including phenoxy) is 1. The fourth-order valence-corrected chi connectivity index (χ4v) is 1.71. The minimum Gasteiger partial charge on any atom is -0.382 e. The average Bonchev–Trinajstić information content (AvgIpc) is 2.24. The van der Waals surface area contributed by atoms with E-state index in [1.807, 2.05) is 6.92 Å². The largest absolute Gasteiger partial charge is 0.382 e. The first-order chi connectivity index (χ1) is 7.63. The molecule has 0 aliphatic rings. The Bertz CT molecular complexity index is 323. The summed E-state index contributed by atoms with van der Waals surface area (Å²) in [6.45, 7) is 7.83. The van der Waals surface area contributed by atoms with Gasteiger partial charge in [0.15, 0.2) is 0 Å². The third-order valence-corrected chi connectivity index (χ3v) is 2.91. The van der Waals surface area contributed by atoms with Crippen LogP contribution in [0.25, 0.3) is 0 Å². The molecule has 0 aliphatic heterocycles. The third-order valence-electron chi connectivity index (χ3n) is 2.91. The second-order valence-corrected chi connectivity index (χ2v) is 4.37. The average molecular weight is 221 g/mol. The van der Waals surface area contributed by atoms with Crippen LogP contribution in [0.4, 0.5) is 0 Å². The minimum atomic E-state index is 0.202. The van der Waals surface area contributed by atoms with Gasteiger partial charge >= 0.3 is 0 Å². The van der Waals surface area contributed by atoms with Crippen molar-refractivity contribution in [3.05, 3.63) is 34.9 Å². The molecule has 2 heteroatoms. The smallest absolute Gasteiger partial charge is 0.0480 e. The summed E-state index contributed by atoms with van der Waals surface area (Å²) < 4.78 is 5.30. The Morgan fingerprint density at radius 1 is 1.25 bits per heavy atom. The minimum absolute atomic E-state index is 0.202. The van der Waals surface area contributed by atoms with E-state index in [2.05, 4.69) is 32.0 Å². The van der Waals surface area contributed by atoms with Gasteiger partial charge < -0.3 is 10.5 Å². The van der Waals surface area contributed by atoms with Gasteiger partial charge in [0.1, 0.15) is 0 Å². The van der Waals surface area contributed by atoms with Crippen molar-refractivity contribution in [3.63, 3.8) is 0 Å². The molecular formula is C14H23NO. The zero-order valence-electron chi connectivity index (χ0n) is 10.6. The normalized spacial score (nSPS) is 12.8. The molecule has 0 fully saturated rings. The molecule has 1 rings (SSSR count). The van der Waals surface area contributed by atoms with Crippen molar-refractivity contribution in [2.75, 3.05) is 13.2 Å². The summed E-state index contributed by atoms with van der Waals surface area (Å²) in [7, 11) is 0. The lowest BCUT2D eigenvalue weighted by Crippen LogP contribution is -2.24. The molecule has 1 unspecified atom stereocenters. The number of benzene rings is 1. The molecule has 1 aromatic rings. The lowest BCUT2D eigenvalue weighted by atomic mass is 10.00. The molecule has 0 aromatic heterocycles. The maximum absolute atomic E-state index is 6.05. The topological polar surface area (TPSA) is 35.2 Å². The lowest BCUT2D eigenvalue weighted by Gasteiger charge is -2.12. The van der Waals surface area contributed by atoms with Crippen LogP contribution >= 0.6 is 0 Å². The SMILES string of the molecule is CCOCCC(N)Cc1ccc(C)c(C)c1. The molecule has 90 valence electrons. The molecule has 0 bridgehead atoms. The summed E-state index contributed by atoms with van der Waals surface area (Å²) in [6.07, 6.45) is 1.87. The predicted octanol–water partition coefficient (Wildman–Crippen LogP) is 2.60. The molecule has 2 nitrogen and oxygen atoms in total.